The van der Waals surface area contributed by atoms with Crippen molar-refractivity contribution in [2.45, 2.75) is 9.79 Å². The number of carboxylic acids is 1. The molecule has 0 saturated carbocycles. The quantitative estimate of drug-likeness (QED) is 0.517. The van der Waals surface area contributed by atoms with Crippen LogP contribution in [0.15, 0.2) is 76.5 Å². The largest absolute Gasteiger partial charge is 0.478 e. The zero-order valence-electron chi connectivity index (χ0n) is 14.3. The number of aromatic amines is 1. The lowest BCUT2D eigenvalue weighted by Crippen LogP contribution is -2.01. The topological polar surface area (TPSA) is 100 Å². The average molecular weight is 413 g/mol. The molecule has 28 heavy (non-hydrogen) atoms. The van der Waals surface area contributed by atoms with Crippen molar-refractivity contribution in [3.8, 4) is 11.4 Å². The second-order valence-corrected chi connectivity index (χ2v) is 8.49. The van der Waals surface area contributed by atoms with Gasteiger partial charge in [0.2, 0.25) is 9.84 Å². The Labute approximate surface area is 165 Å². The molecule has 0 aliphatic rings. The monoisotopic (exact) mass is 412 g/mol. The van der Waals surface area contributed by atoms with Crippen LogP contribution in [-0.4, -0.2) is 29.5 Å². The molecule has 1 aromatic heterocycles. The number of carbonyl (C=O) groups is 1. The summed E-state index contributed by atoms with van der Waals surface area (Å²) in [5.41, 5.74) is 2.05. The van der Waals surface area contributed by atoms with Gasteiger partial charge < -0.3 is 10.1 Å². The van der Waals surface area contributed by atoms with E-state index in [1.165, 1.54) is 48.5 Å². The molecule has 140 valence electrons. The fraction of sp³-hybridized carbons (Fsp3) is 0. The summed E-state index contributed by atoms with van der Waals surface area (Å²) in [6, 6.07) is 16.9. The van der Waals surface area contributed by atoms with Crippen molar-refractivity contribution >= 4 is 38.4 Å². The van der Waals surface area contributed by atoms with Crippen molar-refractivity contribution in [1.29, 1.82) is 0 Å². The molecule has 1 heterocycles. The Kier molecular flexibility index (Phi) is 4.41. The lowest BCUT2D eigenvalue weighted by atomic mass is 10.2. The van der Waals surface area contributed by atoms with Gasteiger partial charge >= 0.3 is 5.97 Å². The van der Waals surface area contributed by atoms with E-state index >= 15 is 0 Å². The summed E-state index contributed by atoms with van der Waals surface area (Å²) >= 11 is 5.82. The third kappa shape index (κ3) is 3.26. The van der Waals surface area contributed by atoms with Crippen LogP contribution in [0, 0.1) is 0 Å². The van der Waals surface area contributed by atoms with Gasteiger partial charge in [-0.15, -0.1) is 0 Å². The molecule has 8 heteroatoms. The molecule has 3 aromatic carbocycles. The van der Waals surface area contributed by atoms with Gasteiger partial charge in [0.25, 0.3) is 0 Å². The molecule has 0 fully saturated rings. The van der Waals surface area contributed by atoms with Crippen molar-refractivity contribution in [3.05, 3.63) is 77.3 Å². The van der Waals surface area contributed by atoms with Gasteiger partial charge in [0.15, 0.2) is 0 Å². The lowest BCUT2D eigenvalue weighted by Gasteiger charge is -2.05. The lowest BCUT2D eigenvalue weighted by molar-refractivity contribution is 0.0697. The number of rotatable bonds is 4. The number of aromatic nitrogens is 2. The summed E-state index contributed by atoms with van der Waals surface area (Å²) < 4.78 is 25.4. The molecule has 0 bridgehead atoms. The van der Waals surface area contributed by atoms with Crippen LogP contribution in [0.5, 0.6) is 0 Å². The summed E-state index contributed by atoms with van der Waals surface area (Å²) in [6.45, 7) is 0. The number of imidazole rings is 1. The first-order chi connectivity index (χ1) is 13.3. The van der Waals surface area contributed by atoms with Crippen LogP contribution in [0.25, 0.3) is 22.4 Å². The van der Waals surface area contributed by atoms with Gasteiger partial charge in [-0.25, -0.2) is 18.2 Å². The van der Waals surface area contributed by atoms with Gasteiger partial charge in [0.05, 0.1) is 26.4 Å². The van der Waals surface area contributed by atoms with E-state index in [1.54, 1.807) is 18.2 Å². The van der Waals surface area contributed by atoms with Crippen molar-refractivity contribution in [2.24, 2.45) is 0 Å². The van der Waals surface area contributed by atoms with Crippen LogP contribution < -0.4 is 0 Å². The van der Waals surface area contributed by atoms with E-state index in [1.807, 2.05) is 0 Å². The standard InChI is InChI=1S/C20H13ClN2O4S/c21-14-4-8-16(9-5-14)28(26,27)15-6-1-12(2-7-15)19-22-17-10-3-13(20(24)25)11-18(17)23-19/h1-11H,(H,22,23)(H,24,25). The average Bonchev–Trinajstić information content (AvgIpc) is 3.11. The SMILES string of the molecule is O=C(O)c1ccc2[nH]c(-c3ccc(S(=O)(=O)c4ccc(Cl)cc4)cc3)nc2c1. The Morgan fingerprint density at radius 2 is 1.54 bits per heavy atom. The Bertz CT molecular complexity index is 1290. The number of carboxylic acid groups (broad SMARTS) is 1. The fourth-order valence-electron chi connectivity index (χ4n) is 2.82. The van der Waals surface area contributed by atoms with Gasteiger partial charge in [-0.05, 0) is 66.7 Å². The highest BCUT2D eigenvalue weighted by atomic mass is 35.5. The summed E-state index contributed by atoms with van der Waals surface area (Å²) in [5, 5.41) is 9.55. The number of nitrogens with zero attached hydrogens (tertiary/aromatic N) is 1. The van der Waals surface area contributed by atoms with Gasteiger partial charge in [0.1, 0.15) is 5.82 Å². The predicted octanol–water partition coefficient (Wildman–Crippen LogP) is 4.41. The minimum Gasteiger partial charge on any atom is -0.478 e. The molecule has 4 aromatic rings. The third-order valence-electron chi connectivity index (χ3n) is 4.29. The summed E-state index contributed by atoms with van der Waals surface area (Å²) in [7, 11) is -3.65. The first-order valence-electron chi connectivity index (χ1n) is 8.19. The molecule has 2 N–H and O–H groups in total. The van der Waals surface area contributed by atoms with Gasteiger partial charge in [0, 0.05) is 10.6 Å². The van der Waals surface area contributed by atoms with E-state index in [0.29, 0.717) is 27.4 Å². The molecule has 6 nitrogen and oxygen atoms in total. The Morgan fingerprint density at radius 3 is 2.14 bits per heavy atom. The number of benzene rings is 3. The first kappa shape index (κ1) is 18.2. The summed E-state index contributed by atoms with van der Waals surface area (Å²) in [6.07, 6.45) is 0. The van der Waals surface area contributed by atoms with Crippen molar-refractivity contribution in [3.63, 3.8) is 0 Å². The number of nitrogens with one attached hydrogen (secondary N) is 1. The number of aromatic carboxylic acids is 1. The molecule has 0 atom stereocenters. The van der Waals surface area contributed by atoms with Crippen LogP contribution in [0.4, 0.5) is 0 Å². The first-order valence-corrected chi connectivity index (χ1v) is 10.0. The highest BCUT2D eigenvalue weighted by Crippen LogP contribution is 2.26. The molecular weight excluding hydrogens is 400 g/mol. The number of halogens is 1. The highest BCUT2D eigenvalue weighted by Gasteiger charge is 2.18. The second kappa shape index (κ2) is 6.78. The van der Waals surface area contributed by atoms with E-state index in [4.69, 9.17) is 16.7 Å². The fourth-order valence-corrected chi connectivity index (χ4v) is 4.20. The van der Waals surface area contributed by atoms with Crippen LogP contribution in [0.1, 0.15) is 10.4 Å². The van der Waals surface area contributed by atoms with Crippen LogP contribution >= 0.6 is 11.6 Å². The van der Waals surface area contributed by atoms with Gasteiger partial charge in [-0.3, -0.25) is 0 Å². The van der Waals surface area contributed by atoms with E-state index in [-0.39, 0.29) is 15.4 Å². The Hall–Kier alpha value is -3.16. The molecule has 0 aliphatic carbocycles. The van der Waals surface area contributed by atoms with Crippen molar-refractivity contribution < 1.29 is 18.3 Å². The second-order valence-electron chi connectivity index (χ2n) is 6.10. The summed E-state index contributed by atoms with van der Waals surface area (Å²) in [4.78, 5) is 18.9. The van der Waals surface area contributed by atoms with Crippen molar-refractivity contribution in [1.82, 2.24) is 9.97 Å². The molecule has 4 rings (SSSR count). The molecule has 0 saturated heterocycles. The maximum atomic E-state index is 12.7. The zero-order chi connectivity index (χ0) is 19.9. The normalized spacial score (nSPS) is 11.6. The van der Waals surface area contributed by atoms with E-state index in [0.717, 1.165) is 0 Å². The Balaban J connectivity index is 1.69. The number of fused-ring (bicyclic) bond motifs is 1. The third-order valence-corrected chi connectivity index (χ3v) is 6.33. The maximum absolute atomic E-state index is 12.7. The number of H-pyrrole nitrogens is 1. The van der Waals surface area contributed by atoms with Crippen molar-refractivity contribution in [2.75, 3.05) is 0 Å². The molecule has 0 unspecified atom stereocenters. The van der Waals surface area contributed by atoms with Crippen LogP contribution in [0.3, 0.4) is 0 Å². The molecule has 0 spiro atoms. The maximum Gasteiger partial charge on any atom is 0.335 e. The van der Waals surface area contributed by atoms with Gasteiger partial charge in [-0.2, -0.15) is 0 Å². The molecular formula is C20H13ClN2O4S. The van der Waals surface area contributed by atoms with E-state index in [9.17, 15) is 13.2 Å². The molecule has 0 aliphatic heterocycles. The Morgan fingerprint density at radius 1 is 0.929 bits per heavy atom. The van der Waals surface area contributed by atoms with Crippen LogP contribution in [0.2, 0.25) is 5.02 Å². The number of hydrogen-bond donors (Lipinski definition) is 2. The minimum atomic E-state index is -3.65. The predicted molar refractivity (Wildman–Crippen MR) is 105 cm³/mol. The molecule has 0 amide bonds. The number of sulfone groups is 1. The molecule has 0 radical (unpaired) electrons. The van der Waals surface area contributed by atoms with E-state index < -0.39 is 15.8 Å². The summed E-state index contributed by atoms with van der Waals surface area (Å²) in [5.74, 6) is -0.504. The smallest absolute Gasteiger partial charge is 0.335 e. The van der Waals surface area contributed by atoms with Crippen LogP contribution in [-0.2, 0) is 9.84 Å². The van der Waals surface area contributed by atoms with Gasteiger partial charge in [-0.1, -0.05) is 11.6 Å². The zero-order valence-corrected chi connectivity index (χ0v) is 15.8. The minimum absolute atomic E-state index is 0.148. The highest BCUT2D eigenvalue weighted by molar-refractivity contribution is 7.91. The number of hydrogen-bond acceptors (Lipinski definition) is 4. The van der Waals surface area contributed by atoms with E-state index in [2.05, 4.69) is 9.97 Å².